The standard InChI is InChI=1S/C26H28N2O3/c1-19-14-15-22(27-17-19)25(28-16-8-7-12-23(28)26(29)30)21-11-5-6-13-24(21)31-18-20-9-3-2-4-10-20/h2-6,9-11,13-15,17,23,25H,7-8,12,16,18H2,1H3,(H,29,30). The van der Waals surface area contributed by atoms with Crippen molar-refractivity contribution in [2.24, 2.45) is 0 Å². The molecule has 31 heavy (non-hydrogen) atoms. The van der Waals surface area contributed by atoms with Crippen molar-refractivity contribution in [2.45, 2.75) is 44.9 Å². The first-order valence-electron chi connectivity index (χ1n) is 10.8. The maximum Gasteiger partial charge on any atom is 0.320 e. The Labute approximate surface area is 183 Å². The van der Waals surface area contributed by atoms with Crippen LogP contribution in [0.1, 0.15) is 47.7 Å². The summed E-state index contributed by atoms with van der Waals surface area (Å²) in [5, 5.41) is 9.92. The normalized spacial score (nSPS) is 17.8. The van der Waals surface area contributed by atoms with Crippen LogP contribution in [0.4, 0.5) is 0 Å². The van der Waals surface area contributed by atoms with Crippen LogP contribution >= 0.6 is 0 Å². The lowest BCUT2D eigenvalue weighted by molar-refractivity contribution is -0.145. The van der Waals surface area contributed by atoms with Gasteiger partial charge in [-0.05, 0) is 49.6 Å². The molecule has 1 aliphatic heterocycles. The fourth-order valence-electron chi connectivity index (χ4n) is 4.25. The van der Waals surface area contributed by atoms with Gasteiger partial charge in [-0.1, -0.05) is 61.0 Å². The summed E-state index contributed by atoms with van der Waals surface area (Å²) in [4.78, 5) is 18.9. The number of nitrogens with zero attached hydrogens (tertiary/aromatic N) is 2. The van der Waals surface area contributed by atoms with Gasteiger partial charge in [-0.25, -0.2) is 0 Å². The molecule has 1 saturated heterocycles. The number of aromatic nitrogens is 1. The second kappa shape index (κ2) is 9.75. The van der Waals surface area contributed by atoms with Crippen molar-refractivity contribution >= 4 is 5.97 Å². The smallest absolute Gasteiger partial charge is 0.320 e. The number of pyridine rings is 1. The molecule has 4 rings (SSSR count). The number of aryl methyl sites for hydroxylation is 1. The molecule has 2 unspecified atom stereocenters. The number of hydrogen-bond acceptors (Lipinski definition) is 4. The Morgan fingerprint density at radius 2 is 1.87 bits per heavy atom. The molecule has 0 amide bonds. The minimum absolute atomic E-state index is 0.283. The molecule has 1 aromatic heterocycles. The number of carbonyl (C=O) groups is 1. The average molecular weight is 417 g/mol. The van der Waals surface area contributed by atoms with Crippen molar-refractivity contribution in [3.05, 3.63) is 95.3 Å². The summed E-state index contributed by atoms with van der Waals surface area (Å²) < 4.78 is 6.23. The molecule has 0 aliphatic carbocycles. The molecule has 5 heteroatoms. The lowest BCUT2D eigenvalue weighted by atomic mass is 9.93. The van der Waals surface area contributed by atoms with Crippen LogP contribution in [0.3, 0.4) is 0 Å². The monoisotopic (exact) mass is 416 g/mol. The third-order valence-electron chi connectivity index (χ3n) is 5.83. The Bertz CT molecular complexity index is 1000. The fourth-order valence-corrected chi connectivity index (χ4v) is 4.25. The molecule has 1 aliphatic rings. The van der Waals surface area contributed by atoms with Crippen LogP contribution in [0.15, 0.2) is 72.9 Å². The zero-order chi connectivity index (χ0) is 21.6. The van der Waals surface area contributed by atoms with E-state index in [0.29, 0.717) is 19.6 Å². The Balaban J connectivity index is 1.73. The maximum absolute atomic E-state index is 12.1. The summed E-state index contributed by atoms with van der Waals surface area (Å²) >= 11 is 0. The lowest BCUT2D eigenvalue weighted by Gasteiger charge is -2.39. The summed E-state index contributed by atoms with van der Waals surface area (Å²) in [6.07, 6.45) is 4.38. The summed E-state index contributed by atoms with van der Waals surface area (Å²) in [5.74, 6) is -0.0204. The molecule has 5 nitrogen and oxygen atoms in total. The number of piperidine rings is 1. The quantitative estimate of drug-likeness (QED) is 0.587. The summed E-state index contributed by atoms with van der Waals surface area (Å²) in [6, 6.07) is 21.2. The lowest BCUT2D eigenvalue weighted by Crippen LogP contribution is -2.47. The van der Waals surface area contributed by atoms with Crippen molar-refractivity contribution in [3.63, 3.8) is 0 Å². The van der Waals surface area contributed by atoms with E-state index < -0.39 is 12.0 Å². The van der Waals surface area contributed by atoms with Crippen molar-refractivity contribution in [3.8, 4) is 5.75 Å². The highest BCUT2D eigenvalue weighted by molar-refractivity contribution is 5.73. The van der Waals surface area contributed by atoms with E-state index >= 15 is 0 Å². The van der Waals surface area contributed by atoms with Gasteiger partial charge in [-0.2, -0.15) is 0 Å². The van der Waals surface area contributed by atoms with Gasteiger partial charge in [0.2, 0.25) is 0 Å². The molecule has 0 bridgehead atoms. The van der Waals surface area contributed by atoms with Gasteiger partial charge in [-0.15, -0.1) is 0 Å². The number of ether oxygens (including phenoxy) is 1. The molecule has 2 heterocycles. The SMILES string of the molecule is Cc1ccc(C(c2ccccc2OCc2ccccc2)N2CCCCC2C(=O)O)nc1. The van der Waals surface area contributed by atoms with Gasteiger partial charge in [0.05, 0.1) is 11.7 Å². The first-order valence-corrected chi connectivity index (χ1v) is 10.8. The number of likely N-dealkylation sites (tertiary alicyclic amines) is 1. The van der Waals surface area contributed by atoms with Crippen LogP contribution in [0, 0.1) is 6.92 Å². The first-order chi connectivity index (χ1) is 15.1. The third kappa shape index (κ3) is 4.94. The maximum atomic E-state index is 12.1. The minimum Gasteiger partial charge on any atom is -0.489 e. The number of hydrogen-bond donors (Lipinski definition) is 1. The Morgan fingerprint density at radius 1 is 1.10 bits per heavy atom. The minimum atomic E-state index is -0.778. The number of benzene rings is 2. The predicted molar refractivity (Wildman–Crippen MR) is 120 cm³/mol. The van der Waals surface area contributed by atoms with E-state index in [9.17, 15) is 9.90 Å². The van der Waals surface area contributed by atoms with Gasteiger partial charge in [0.1, 0.15) is 18.4 Å². The van der Waals surface area contributed by atoms with Crippen LogP contribution in [-0.4, -0.2) is 33.5 Å². The number of para-hydroxylation sites is 1. The van der Waals surface area contributed by atoms with E-state index in [0.717, 1.165) is 41.0 Å². The van der Waals surface area contributed by atoms with Gasteiger partial charge in [0, 0.05) is 11.8 Å². The molecule has 0 radical (unpaired) electrons. The summed E-state index contributed by atoms with van der Waals surface area (Å²) in [5.41, 5.74) is 3.95. The molecule has 2 atom stereocenters. The number of carboxylic acid groups (broad SMARTS) is 1. The van der Waals surface area contributed by atoms with Crippen LogP contribution < -0.4 is 4.74 Å². The molecule has 3 aromatic rings. The average Bonchev–Trinajstić information content (AvgIpc) is 2.81. The number of aliphatic carboxylic acids is 1. The fraction of sp³-hybridized carbons (Fsp3) is 0.308. The third-order valence-corrected chi connectivity index (χ3v) is 5.83. The molecular weight excluding hydrogens is 388 g/mol. The molecule has 0 saturated carbocycles. The van der Waals surface area contributed by atoms with Gasteiger partial charge >= 0.3 is 5.97 Å². The zero-order valence-electron chi connectivity index (χ0n) is 17.8. The van der Waals surface area contributed by atoms with Crippen molar-refractivity contribution < 1.29 is 14.6 Å². The Hall–Kier alpha value is -3.18. The highest BCUT2D eigenvalue weighted by Gasteiger charge is 2.36. The second-order valence-electron chi connectivity index (χ2n) is 8.06. The van der Waals surface area contributed by atoms with Crippen molar-refractivity contribution in [1.82, 2.24) is 9.88 Å². The van der Waals surface area contributed by atoms with E-state index in [1.807, 2.05) is 79.9 Å². The highest BCUT2D eigenvalue weighted by atomic mass is 16.5. The van der Waals surface area contributed by atoms with Gasteiger partial charge in [0.15, 0.2) is 0 Å². The predicted octanol–water partition coefficient (Wildman–Crippen LogP) is 5.00. The molecule has 0 spiro atoms. The summed E-state index contributed by atoms with van der Waals surface area (Å²) in [7, 11) is 0. The Kier molecular flexibility index (Phi) is 6.63. The van der Waals surface area contributed by atoms with E-state index in [-0.39, 0.29) is 6.04 Å². The van der Waals surface area contributed by atoms with Crippen LogP contribution in [0.5, 0.6) is 5.75 Å². The molecule has 1 fully saturated rings. The van der Waals surface area contributed by atoms with Crippen LogP contribution in [0.2, 0.25) is 0 Å². The van der Waals surface area contributed by atoms with Gasteiger partial charge in [-0.3, -0.25) is 14.7 Å². The zero-order valence-corrected chi connectivity index (χ0v) is 17.8. The molecule has 2 aromatic carbocycles. The Morgan fingerprint density at radius 3 is 2.61 bits per heavy atom. The number of carboxylic acids is 1. The molecule has 1 N–H and O–H groups in total. The van der Waals surface area contributed by atoms with E-state index in [2.05, 4.69) is 4.90 Å². The number of rotatable bonds is 7. The highest BCUT2D eigenvalue weighted by Crippen LogP contribution is 2.38. The van der Waals surface area contributed by atoms with Gasteiger partial charge in [0.25, 0.3) is 0 Å². The van der Waals surface area contributed by atoms with Gasteiger partial charge < -0.3 is 9.84 Å². The summed E-state index contributed by atoms with van der Waals surface area (Å²) in [6.45, 7) is 3.17. The largest absolute Gasteiger partial charge is 0.489 e. The van der Waals surface area contributed by atoms with E-state index in [1.54, 1.807) is 0 Å². The van der Waals surface area contributed by atoms with E-state index in [4.69, 9.17) is 9.72 Å². The molecular formula is C26H28N2O3. The van der Waals surface area contributed by atoms with Crippen molar-refractivity contribution in [2.75, 3.05) is 6.54 Å². The van der Waals surface area contributed by atoms with E-state index in [1.165, 1.54) is 0 Å². The molecule has 160 valence electrons. The van der Waals surface area contributed by atoms with Crippen molar-refractivity contribution in [1.29, 1.82) is 0 Å². The topological polar surface area (TPSA) is 62.7 Å². The first kappa shape index (κ1) is 21.1. The van der Waals surface area contributed by atoms with Crippen LogP contribution in [-0.2, 0) is 11.4 Å². The second-order valence-corrected chi connectivity index (χ2v) is 8.06. The van der Waals surface area contributed by atoms with Crippen LogP contribution in [0.25, 0.3) is 0 Å².